The Morgan fingerprint density at radius 2 is 1.66 bits per heavy atom. The summed E-state index contributed by atoms with van der Waals surface area (Å²) in [7, 11) is -3.54. The van der Waals surface area contributed by atoms with Gasteiger partial charge in [0.25, 0.3) is 5.91 Å². The van der Waals surface area contributed by atoms with Gasteiger partial charge in [0.1, 0.15) is 12.1 Å². The highest BCUT2D eigenvalue weighted by molar-refractivity contribution is 7.89. The Kier molecular flexibility index (Phi) is 5.74. The van der Waals surface area contributed by atoms with Gasteiger partial charge < -0.3 is 10.6 Å². The molecule has 2 aliphatic rings. The highest BCUT2D eigenvalue weighted by Gasteiger charge is 2.49. The first-order valence-electron chi connectivity index (χ1n) is 10.3. The van der Waals surface area contributed by atoms with Crippen molar-refractivity contribution < 1.29 is 22.8 Å². The molecule has 10 heteroatoms. The van der Waals surface area contributed by atoms with Gasteiger partial charge in [0, 0.05) is 18.8 Å². The molecule has 32 heavy (non-hydrogen) atoms. The summed E-state index contributed by atoms with van der Waals surface area (Å²) in [5.74, 6) is -1.09. The SMILES string of the molecule is C[C@]1(c2ccccc2)NC(=O)N(CC(=O)Nc2ccc(S(=O)(=O)N3CCCC3)cc2)C1=O. The van der Waals surface area contributed by atoms with E-state index in [-0.39, 0.29) is 4.90 Å². The van der Waals surface area contributed by atoms with E-state index in [4.69, 9.17) is 0 Å². The minimum absolute atomic E-state index is 0.158. The van der Waals surface area contributed by atoms with Gasteiger partial charge in [-0.3, -0.25) is 14.5 Å². The number of hydrogen-bond donors (Lipinski definition) is 2. The van der Waals surface area contributed by atoms with Crippen LogP contribution < -0.4 is 10.6 Å². The van der Waals surface area contributed by atoms with Crippen molar-refractivity contribution in [2.75, 3.05) is 25.0 Å². The van der Waals surface area contributed by atoms with Crippen molar-refractivity contribution in [3.05, 3.63) is 60.2 Å². The molecule has 4 rings (SSSR count). The zero-order valence-corrected chi connectivity index (χ0v) is 18.4. The Bertz CT molecular complexity index is 1140. The summed E-state index contributed by atoms with van der Waals surface area (Å²) in [6, 6.07) is 14.0. The van der Waals surface area contributed by atoms with Crippen molar-refractivity contribution in [1.82, 2.24) is 14.5 Å². The highest BCUT2D eigenvalue weighted by atomic mass is 32.2. The van der Waals surface area contributed by atoms with E-state index in [1.165, 1.54) is 28.6 Å². The molecule has 0 aliphatic carbocycles. The summed E-state index contributed by atoms with van der Waals surface area (Å²) >= 11 is 0. The van der Waals surface area contributed by atoms with Crippen molar-refractivity contribution in [2.45, 2.75) is 30.2 Å². The summed E-state index contributed by atoms with van der Waals surface area (Å²) in [6.45, 7) is 2.16. The molecule has 2 aromatic rings. The quantitative estimate of drug-likeness (QED) is 0.644. The standard InChI is InChI=1S/C22H24N4O5S/c1-22(16-7-3-2-4-8-16)20(28)26(21(29)24-22)15-19(27)23-17-9-11-18(12-10-17)32(30,31)25-13-5-6-14-25/h2-4,7-12H,5-6,13-15H2,1H3,(H,23,27)(H,24,29)/t22-/m1/s1. The molecular weight excluding hydrogens is 432 g/mol. The predicted octanol–water partition coefficient (Wildman–Crippen LogP) is 1.88. The molecule has 0 spiro atoms. The molecule has 0 bridgehead atoms. The Balaban J connectivity index is 1.42. The number of nitrogens with zero attached hydrogens (tertiary/aromatic N) is 2. The van der Waals surface area contributed by atoms with Crippen LogP contribution in [-0.4, -0.2) is 55.1 Å². The molecular formula is C22H24N4O5S. The number of anilines is 1. The average Bonchev–Trinajstić information content (AvgIpc) is 3.40. The van der Waals surface area contributed by atoms with Crippen molar-refractivity contribution in [3.63, 3.8) is 0 Å². The monoisotopic (exact) mass is 456 g/mol. The lowest BCUT2D eigenvalue weighted by Crippen LogP contribution is -2.42. The summed E-state index contributed by atoms with van der Waals surface area (Å²) in [6.07, 6.45) is 1.69. The third-order valence-electron chi connectivity index (χ3n) is 5.77. The molecule has 9 nitrogen and oxygen atoms in total. The number of carbonyl (C=O) groups is 3. The molecule has 2 aliphatic heterocycles. The first-order valence-corrected chi connectivity index (χ1v) is 11.8. The molecule has 2 N–H and O–H groups in total. The number of imide groups is 1. The summed E-state index contributed by atoms with van der Waals surface area (Å²) < 4.78 is 26.6. The second-order valence-corrected chi connectivity index (χ2v) is 9.93. The van der Waals surface area contributed by atoms with Gasteiger partial charge in [0.2, 0.25) is 15.9 Å². The maximum atomic E-state index is 12.9. The zero-order chi connectivity index (χ0) is 22.9. The first kappa shape index (κ1) is 22.0. The summed E-state index contributed by atoms with van der Waals surface area (Å²) in [5, 5.41) is 5.26. The van der Waals surface area contributed by atoms with E-state index in [2.05, 4.69) is 10.6 Å². The van der Waals surface area contributed by atoms with E-state index in [1.54, 1.807) is 37.3 Å². The summed E-state index contributed by atoms with van der Waals surface area (Å²) in [4.78, 5) is 38.8. The van der Waals surface area contributed by atoms with Crippen LogP contribution in [0.2, 0.25) is 0 Å². The first-order chi connectivity index (χ1) is 15.2. The van der Waals surface area contributed by atoms with E-state index in [0.717, 1.165) is 17.7 Å². The second-order valence-electron chi connectivity index (χ2n) is 8.00. The third kappa shape index (κ3) is 3.98. The van der Waals surface area contributed by atoms with E-state index in [9.17, 15) is 22.8 Å². The number of benzene rings is 2. The van der Waals surface area contributed by atoms with Gasteiger partial charge in [-0.1, -0.05) is 30.3 Å². The van der Waals surface area contributed by atoms with Gasteiger partial charge in [-0.05, 0) is 49.6 Å². The Labute approximate surface area is 186 Å². The van der Waals surface area contributed by atoms with Crippen LogP contribution in [0.1, 0.15) is 25.3 Å². The lowest BCUT2D eigenvalue weighted by molar-refractivity contribution is -0.133. The molecule has 0 aromatic heterocycles. The van der Waals surface area contributed by atoms with Crippen molar-refractivity contribution >= 4 is 33.6 Å². The molecule has 2 fully saturated rings. The lowest BCUT2D eigenvalue weighted by Gasteiger charge is -2.22. The second kappa shape index (κ2) is 8.36. The molecule has 2 saturated heterocycles. The number of hydrogen-bond acceptors (Lipinski definition) is 5. The average molecular weight is 457 g/mol. The van der Waals surface area contributed by atoms with Crippen molar-refractivity contribution in [2.24, 2.45) is 0 Å². The van der Waals surface area contributed by atoms with Crippen LogP contribution in [0.3, 0.4) is 0 Å². The van der Waals surface area contributed by atoms with Gasteiger partial charge in [-0.2, -0.15) is 4.31 Å². The largest absolute Gasteiger partial charge is 0.325 e. The molecule has 0 radical (unpaired) electrons. The van der Waals surface area contributed by atoms with Crippen LogP contribution in [-0.2, 0) is 25.2 Å². The van der Waals surface area contributed by atoms with Crippen LogP contribution in [0, 0.1) is 0 Å². The number of sulfonamides is 1. The van der Waals surface area contributed by atoms with Crippen LogP contribution in [0.5, 0.6) is 0 Å². The number of nitrogens with one attached hydrogen (secondary N) is 2. The van der Waals surface area contributed by atoms with Crippen LogP contribution >= 0.6 is 0 Å². The van der Waals surface area contributed by atoms with Crippen molar-refractivity contribution in [3.8, 4) is 0 Å². The number of urea groups is 1. The van der Waals surface area contributed by atoms with Gasteiger partial charge >= 0.3 is 6.03 Å². The lowest BCUT2D eigenvalue weighted by atomic mass is 9.92. The molecule has 2 aromatic carbocycles. The molecule has 0 unspecified atom stereocenters. The fourth-order valence-corrected chi connectivity index (χ4v) is 5.46. The Morgan fingerprint density at radius 3 is 2.28 bits per heavy atom. The smallest absolute Gasteiger partial charge is 0.325 e. The maximum Gasteiger partial charge on any atom is 0.325 e. The third-order valence-corrected chi connectivity index (χ3v) is 7.68. The topological polar surface area (TPSA) is 116 Å². The molecule has 1 atom stereocenters. The maximum absolute atomic E-state index is 12.9. The van der Waals surface area contributed by atoms with E-state index >= 15 is 0 Å². The summed E-state index contributed by atoms with van der Waals surface area (Å²) in [5.41, 5.74) is -0.256. The van der Waals surface area contributed by atoms with Crippen LogP contribution in [0.25, 0.3) is 0 Å². The van der Waals surface area contributed by atoms with Crippen LogP contribution in [0.15, 0.2) is 59.5 Å². The normalized spacial score (nSPS) is 21.6. The Hall–Kier alpha value is -3.24. The Morgan fingerprint density at radius 1 is 1.03 bits per heavy atom. The molecule has 2 heterocycles. The van der Waals surface area contributed by atoms with Gasteiger partial charge in [0.15, 0.2) is 0 Å². The van der Waals surface area contributed by atoms with E-state index in [1.807, 2.05) is 0 Å². The number of rotatable bonds is 6. The minimum atomic E-state index is -3.54. The molecule has 168 valence electrons. The van der Waals surface area contributed by atoms with Gasteiger partial charge in [-0.15, -0.1) is 0 Å². The molecule has 4 amide bonds. The van der Waals surface area contributed by atoms with Gasteiger partial charge in [-0.25, -0.2) is 13.2 Å². The van der Waals surface area contributed by atoms with Crippen molar-refractivity contribution in [1.29, 1.82) is 0 Å². The number of amides is 4. The van der Waals surface area contributed by atoms with E-state index in [0.29, 0.717) is 24.3 Å². The minimum Gasteiger partial charge on any atom is -0.325 e. The zero-order valence-electron chi connectivity index (χ0n) is 17.6. The van der Waals surface area contributed by atoms with Gasteiger partial charge in [0.05, 0.1) is 4.90 Å². The fraction of sp³-hybridized carbons (Fsp3) is 0.318. The van der Waals surface area contributed by atoms with Crippen LogP contribution in [0.4, 0.5) is 10.5 Å². The predicted molar refractivity (Wildman–Crippen MR) is 117 cm³/mol. The highest BCUT2D eigenvalue weighted by Crippen LogP contribution is 2.28. The van der Waals surface area contributed by atoms with E-state index < -0.39 is 40.0 Å². The molecule has 0 saturated carbocycles. The number of carbonyl (C=O) groups excluding carboxylic acids is 3. The fourth-order valence-electron chi connectivity index (χ4n) is 3.94.